The Labute approximate surface area is 137 Å². The summed E-state index contributed by atoms with van der Waals surface area (Å²) in [5.41, 5.74) is 1.17. The first-order valence-corrected chi connectivity index (χ1v) is 8.04. The van der Waals surface area contributed by atoms with Crippen molar-refractivity contribution in [2.45, 2.75) is 19.9 Å². The molecular formula is C17H24N4O2. The lowest BCUT2D eigenvalue weighted by Gasteiger charge is -2.37. The second-order valence-corrected chi connectivity index (χ2v) is 6.09. The summed E-state index contributed by atoms with van der Waals surface area (Å²) in [6.45, 7) is 8.39. The number of rotatable bonds is 5. The van der Waals surface area contributed by atoms with Crippen LogP contribution >= 0.6 is 0 Å². The maximum atomic E-state index is 5.90. The van der Waals surface area contributed by atoms with Gasteiger partial charge in [0.2, 0.25) is 5.89 Å². The van der Waals surface area contributed by atoms with E-state index in [2.05, 4.69) is 40.0 Å². The molecule has 0 N–H and O–H groups in total. The summed E-state index contributed by atoms with van der Waals surface area (Å²) < 4.78 is 11.3. The van der Waals surface area contributed by atoms with E-state index in [0.29, 0.717) is 18.3 Å². The molecule has 6 heteroatoms. The van der Waals surface area contributed by atoms with Crippen LogP contribution in [0.4, 0.5) is 0 Å². The Bertz CT molecular complexity index is 643. The number of ether oxygens (including phenoxy) is 1. The van der Waals surface area contributed by atoms with Crippen LogP contribution in [0.1, 0.15) is 23.3 Å². The maximum Gasteiger partial charge on any atom is 0.245 e. The van der Waals surface area contributed by atoms with Crippen molar-refractivity contribution in [2.75, 3.05) is 39.8 Å². The van der Waals surface area contributed by atoms with Gasteiger partial charge in [-0.15, -0.1) is 0 Å². The molecule has 1 saturated heterocycles. The van der Waals surface area contributed by atoms with Crippen molar-refractivity contribution in [3.05, 3.63) is 41.5 Å². The molecule has 0 aliphatic carbocycles. The summed E-state index contributed by atoms with van der Waals surface area (Å²) in [6, 6.07) is 8.28. The van der Waals surface area contributed by atoms with E-state index < -0.39 is 0 Å². The zero-order valence-electron chi connectivity index (χ0n) is 14.0. The lowest BCUT2D eigenvalue weighted by molar-refractivity contribution is 0.0671. The van der Waals surface area contributed by atoms with Crippen LogP contribution in [0.2, 0.25) is 0 Å². The highest BCUT2D eigenvalue weighted by molar-refractivity contribution is 5.31. The van der Waals surface area contributed by atoms with Gasteiger partial charge in [0.15, 0.2) is 5.82 Å². The number of para-hydroxylation sites is 1. The molecule has 1 aliphatic heterocycles. The van der Waals surface area contributed by atoms with Gasteiger partial charge in [-0.2, -0.15) is 4.98 Å². The highest BCUT2D eigenvalue weighted by atomic mass is 16.5. The molecule has 1 aromatic heterocycles. The molecule has 2 aromatic rings. The van der Waals surface area contributed by atoms with Gasteiger partial charge < -0.3 is 9.26 Å². The minimum Gasteiger partial charge on any atom is -0.492 e. The van der Waals surface area contributed by atoms with E-state index in [-0.39, 0.29) is 6.04 Å². The molecule has 1 fully saturated rings. The Morgan fingerprint density at radius 1 is 1.26 bits per heavy atom. The minimum absolute atomic E-state index is 0.156. The number of hydrogen-bond acceptors (Lipinski definition) is 6. The fraction of sp³-hybridized carbons (Fsp3) is 0.529. The molecule has 3 rings (SSSR count). The monoisotopic (exact) mass is 316 g/mol. The highest BCUT2D eigenvalue weighted by Gasteiger charge is 2.29. The molecule has 0 saturated carbocycles. The number of hydrogen-bond donors (Lipinski definition) is 0. The largest absolute Gasteiger partial charge is 0.492 e. The molecule has 23 heavy (non-hydrogen) atoms. The molecule has 6 nitrogen and oxygen atoms in total. The summed E-state index contributed by atoms with van der Waals surface area (Å²) in [7, 11) is 2.10. The van der Waals surface area contributed by atoms with Crippen molar-refractivity contribution in [3.8, 4) is 5.75 Å². The van der Waals surface area contributed by atoms with E-state index in [1.807, 2.05) is 25.1 Å². The SMILES string of the molecule is Cc1noc(C2CN(CCOc3ccccc3C)CCN2C)n1. The lowest BCUT2D eigenvalue weighted by atomic mass is 10.2. The van der Waals surface area contributed by atoms with Crippen molar-refractivity contribution in [1.29, 1.82) is 0 Å². The minimum atomic E-state index is 0.156. The van der Waals surface area contributed by atoms with Crippen molar-refractivity contribution in [3.63, 3.8) is 0 Å². The molecule has 1 atom stereocenters. The van der Waals surface area contributed by atoms with Crippen LogP contribution in [-0.4, -0.2) is 59.8 Å². The van der Waals surface area contributed by atoms with Gasteiger partial charge in [-0.25, -0.2) is 0 Å². The molecular weight excluding hydrogens is 292 g/mol. The van der Waals surface area contributed by atoms with E-state index in [0.717, 1.165) is 31.9 Å². The third kappa shape index (κ3) is 3.89. The Balaban J connectivity index is 1.54. The summed E-state index contributed by atoms with van der Waals surface area (Å²) >= 11 is 0. The van der Waals surface area contributed by atoms with Gasteiger partial charge in [-0.1, -0.05) is 23.4 Å². The molecule has 2 heterocycles. The quantitative estimate of drug-likeness (QED) is 0.841. The first-order chi connectivity index (χ1) is 11.1. The molecule has 0 bridgehead atoms. The molecule has 0 radical (unpaired) electrons. The smallest absolute Gasteiger partial charge is 0.245 e. The Morgan fingerprint density at radius 2 is 2.09 bits per heavy atom. The van der Waals surface area contributed by atoms with Crippen molar-refractivity contribution >= 4 is 0 Å². The van der Waals surface area contributed by atoms with Crippen molar-refractivity contribution < 1.29 is 9.26 Å². The van der Waals surface area contributed by atoms with Crippen molar-refractivity contribution in [1.82, 2.24) is 19.9 Å². The van der Waals surface area contributed by atoms with Gasteiger partial charge in [0, 0.05) is 26.2 Å². The zero-order valence-corrected chi connectivity index (χ0v) is 14.0. The number of aromatic nitrogens is 2. The van der Waals surface area contributed by atoms with Gasteiger partial charge in [0.05, 0.1) is 0 Å². The second kappa shape index (κ2) is 7.10. The number of piperazine rings is 1. The Morgan fingerprint density at radius 3 is 2.83 bits per heavy atom. The van der Waals surface area contributed by atoms with Crippen LogP contribution in [0.5, 0.6) is 5.75 Å². The van der Waals surface area contributed by atoms with Gasteiger partial charge in [-0.05, 0) is 32.5 Å². The predicted octanol–water partition coefficient (Wildman–Crippen LogP) is 2.05. The molecule has 1 unspecified atom stereocenters. The predicted molar refractivity (Wildman–Crippen MR) is 87.5 cm³/mol. The van der Waals surface area contributed by atoms with Crippen LogP contribution in [0.15, 0.2) is 28.8 Å². The van der Waals surface area contributed by atoms with E-state index in [1.54, 1.807) is 0 Å². The molecule has 0 spiro atoms. The van der Waals surface area contributed by atoms with Gasteiger partial charge in [0.1, 0.15) is 18.4 Å². The van der Waals surface area contributed by atoms with Crippen LogP contribution in [0.25, 0.3) is 0 Å². The first-order valence-electron chi connectivity index (χ1n) is 8.04. The maximum absolute atomic E-state index is 5.90. The Kier molecular flexibility index (Phi) is 4.93. The second-order valence-electron chi connectivity index (χ2n) is 6.09. The Hall–Kier alpha value is -1.92. The molecule has 0 amide bonds. The lowest BCUT2D eigenvalue weighted by Crippen LogP contribution is -2.47. The van der Waals surface area contributed by atoms with Crippen LogP contribution < -0.4 is 4.74 Å². The van der Waals surface area contributed by atoms with Gasteiger partial charge in [0.25, 0.3) is 0 Å². The average Bonchev–Trinajstić information content (AvgIpc) is 2.97. The van der Waals surface area contributed by atoms with Crippen LogP contribution in [0, 0.1) is 13.8 Å². The summed E-state index contributed by atoms with van der Waals surface area (Å²) in [6.07, 6.45) is 0. The third-order valence-electron chi connectivity index (χ3n) is 4.32. The summed E-state index contributed by atoms with van der Waals surface area (Å²) in [5.74, 6) is 2.36. The number of likely N-dealkylation sites (N-methyl/N-ethyl adjacent to an activating group) is 1. The van der Waals surface area contributed by atoms with Crippen molar-refractivity contribution in [2.24, 2.45) is 0 Å². The number of nitrogens with zero attached hydrogens (tertiary/aromatic N) is 4. The summed E-state index contributed by atoms with van der Waals surface area (Å²) in [4.78, 5) is 9.04. The van der Waals surface area contributed by atoms with Crippen LogP contribution in [0.3, 0.4) is 0 Å². The summed E-state index contributed by atoms with van der Waals surface area (Å²) in [5, 5.41) is 3.91. The first kappa shape index (κ1) is 16.0. The molecule has 124 valence electrons. The standard InChI is InChI=1S/C17H24N4O2/c1-13-6-4-5-7-16(13)22-11-10-21-9-8-20(3)15(12-21)17-18-14(2)19-23-17/h4-7,15H,8-12H2,1-3H3. The zero-order chi connectivity index (χ0) is 16.2. The van der Waals surface area contributed by atoms with Gasteiger partial charge >= 0.3 is 0 Å². The number of benzene rings is 1. The fourth-order valence-electron chi connectivity index (χ4n) is 2.85. The van der Waals surface area contributed by atoms with E-state index >= 15 is 0 Å². The van der Waals surface area contributed by atoms with Crippen LogP contribution in [-0.2, 0) is 0 Å². The van der Waals surface area contributed by atoms with E-state index in [4.69, 9.17) is 9.26 Å². The van der Waals surface area contributed by atoms with Gasteiger partial charge in [-0.3, -0.25) is 9.80 Å². The number of aryl methyl sites for hydroxylation is 2. The topological polar surface area (TPSA) is 54.6 Å². The fourth-order valence-corrected chi connectivity index (χ4v) is 2.85. The molecule has 1 aliphatic rings. The third-order valence-corrected chi connectivity index (χ3v) is 4.32. The van der Waals surface area contributed by atoms with E-state index in [1.165, 1.54) is 5.56 Å². The van der Waals surface area contributed by atoms with E-state index in [9.17, 15) is 0 Å². The highest BCUT2D eigenvalue weighted by Crippen LogP contribution is 2.22. The normalized spacial score (nSPS) is 19.9. The average molecular weight is 316 g/mol. The molecule has 1 aromatic carbocycles.